The summed E-state index contributed by atoms with van der Waals surface area (Å²) in [6, 6.07) is 14.7. The molecule has 0 fully saturated rings. The van der Waals surface area contributed by atoms with Gasteiger partial charge in [-0.25, -0.2) is 13.4 Å². The number of hydrogen-bond acceptors (Lipinski definition) is 4. The van der Waals surface area contributed by atoms with Crippen molar-refractivity contribution in [3.8, 4) is 0 Å². The van der Waals surface area contributed by atoms with E-state index in [0.29, 0.717) is 16.1 Å². The van der Waals surface area contributed by atoms with E-state index in [1.165, 1.54) is 12.1 Å². The number of carbonyl (C=O) groups excluding carboxylic acids is 1. The molecule has 1 amide bonds. The zero-order valence-electron chi connectivity index (χ0n) is 16.0. The van der Waals surface area contributed by atoms with Crippen molar-refractivity contribution in [1.82, 2.24) is 14.7 Å². The van der Waals surface area contributed by atoms with Crippen LogP contribution >= 0.6 is 11.6 Å². The summed E-state index contributed by atoms with van der Waals surface area (Å²) in [6.07, 6.45) is 5.14. The quantitative estimate of drug-likeness (QED) is 0.508. The number of rotatable bonds is 5. The van der Waals surface area contributed by atoms with Gasteiger partial charge in [-0.15, -0.1) is 0 Å². The third kappa shape index (κ3) is 3.81. The molecule has 2 heterocycles. The molecule has 0 saturated carbocycles. The molecule has 0 radical (unpaired) electrons. The third-order valence-corrected chi connectivity index (χ3v) is 7.17. The molecule has 1 N–H and O–H groups in total. The van der Waals surface area contributed by atoms with Gasteiger partial charge in [0.25, 0.3) is 5.91 Å². The molecule has 2 aromatic carbocycles. The zero-order valence-corrected chi connectivity index (χ0v) is 17.6. The van der Waals surface area contributed by atoms with Crippen LogP contribution in [0.1, 0.15) is 21.5 Å². The summed E-state index contributed by atoms with van der Waals surface area (Å²) in [5.74, 6) is -0.225. The maximum Gasteiger partial charge on any atom is 0.253 e. The van der Waals surface area contributed by atoms with Crippen molar-refractivity contribution in [2.75, 3.05) is 0 Å². The molecule has 0 aliphatic carbocycles. The predicted octanol–water partition coefficient (Wildman–Crippen LogP) is 4.06. The molecule has 0 aliphatic heterocycles. The number of aromatic nitrogens is 2. The van der Waals surface area contributed by atoms with Gasteiger partial charge in [0.15, 0.2) is 0 Å². The molecule has 30 heavy (non-hydrogen) atoms. The Morgan fingerprint density at radius 1 is 1.10 bits per heavy atom. The van der Waals surface area contributed by atoms with Crippen molar-refractivity contribution in [2.45, 2.75) is 23.3 Å². The normalized spacial score (nSPS) is 11.5. The molecule has 152 valence electrons. The average molecular weight is 440 g/mol. The molecule has 2 aromatic heterocycles. The Bertz CT molecular complexity index is 1350. The van der Waals surface area contributed by atoms with Crippen LogP contribution in [0.15, 0.2) is 83.0 Å². The van der Waals surface area contributed by atoms with Crippen LogP contribution in [0.5, 0.6) is 0 Å². The van der Waals surface area contributed by atoms with Gasteiger partial charge in [-0.3, -0.25) is 4.79 Å². The standard InChI is InChI=1S/C22H18ClN3O3S/c1-15-19(23)3-2-4-20(15)30(28,29)18-8-5-16(6-9-18)13-25-22(27)17-7-10-21-24-11-12-26(21)14-17/h2-12,14H,13H2,1H3,(H,25,27). The minimum Gasteiger partial charge on any atom is -0.348 e. The van der Waals surface area contributed by atoms with Crippen LogP contribution in [-0.4, -0.2) is 23.7 Å². The highest BCUT2D eigenvalue weighted by Gasteiger charge is 2.20. The maximum absolute atomic E-state index is 12.9. The maximum atomic E-state index is 12.9. The minimum absolute atomic E-state index is 0.175. The van der Waals surface area contributed by atoms with E-state index in [2.05, 4.69) is 10.3 Å². The lowest BCUT2D eigenvalue weighted by atomic mass is 10.2. The smallest absolute Gasteiger partial charge is 0.253 e. The molecule has 4 aromatic rings. The second-order valence-corrected chi connectivity index (χ2v) is 9.13. The van der Waals surface area contributed by atoms with E-state index in [-0.39, 0.29) is 22.2 Å². The number of nitrogens with one attached hydrogen (secondary N) is 1. The van der Waals surface area contributed by atoms with Gasteiger partial charge in [0.2, 0.25) is 9.84 Å². The Kier molecular flexibility index (Phi) is 5.32. The predicted molar refractivity (Wildman–Crippen MR) is 114 cm³/mol. The van der Waals surface area contributed by atoms with Crippen LogP contribution in [-0.2, 0) is 16.4 Å². The Morgan fingerprint density at radius 2 is 1.87 bits per heavy atom. The van der Waals surface area contributed by atoms with Crippen LogP contribution in [0.3, 0.4) is 0 Å². The fourth-order valence-corrected chi connectivity index (χ4v) is 4.88. The van der Waals surface area contributed by atoms with Crippen molar-refractivity contribution in [3.05, 3.63) is 94.9 Å². The summed E-state index contributed by atoms with van der Waals surface area (Å²) < 4.78 is 27.6. The molecule has 6 nitrogen and oxygen atoms in total. The number of benzene rings is 2. The largest absolute Gasteiger partial charge is 0.348 e. The first-order valence-corrected chi connectivity index (χ1v) is 11.0. The van der Waals surface area contributed by atoms with Crippen LogP contribution in [0.2, 0.25) is 5.02 Å². The lowest BCUT2D eigenvalue weighted by Gasteiger charge is -2.10. The van der Waals surface area contributed by atoms with Gasteiger partial charge in [0.1, 0.15) is 5.65 Å². The number of sulfone groups is 1. The fraction of sp³-hybridized carbons (Fsp3) is 0.0909. The van der Waals surface area contributed by atoms with Gasteiger partial charge in [-0.2, -0.15) is 0 Å². The lowest BCUT2D eigenvalue weighted by Crippen LogP contribution is -2.23. The van der Waals surface area contributed by atoms with Crippen molar-refractivity contribution < 1.29 is 13.2 Å². The van der Waals surface area contributed by atoms with E-state index in [9.17, 15) is 13.2 Å². The molecule has 0 unspecified atom stereocenters. The molecule has 0 atom stereocenters. The monoisotopic (exact) mass is 439 g/mol. The summed E-state index contributed by atoms with van der Waals surface area (Å²) in [4.78, 5) is 16.9. The van der Waals surface area contributed by atoms with Gasteiger partial charge in [0, 0.05) is 30.2 Å². The highest BCUT2D eigenvalue weighted by atomic mass is 35.5. The van der Waals surface area contributed by atoms with Crippen molar-refractivity contribution in [1.29, 1.82) is 0 Å². The van der Waals surface area contributed by atoms with Crippen LogP contribution in [0.25, 0.3) is 5.65 Å². The second-order valence-electron chi connectivity index (χ2n) is 6.80. The fourth-order valence-electron chi connectivity index (χ4n) is 3.13. The number of amides is 1. The average Bonchev–Trinajstić information content (AvgIpc) is 3.22. The Balaban J connectivity index is 1.48. The minimum atomic E-state index is -3.68. The molecular formula is C22H18ClN3O3S. The topological polar surface area (TPSA) is 80.5 Å². The first kappa shape index (κ1) is 20.1. The molecule has 0 saturated heterocycles. The summed E-state index contributed by atoms with van der Waals surface area (Å²) >= 11 is 6.07. The number of nitrogens with zero attached hydrogens (tertiary/aromatic N) is 2. The Labute approximate surface area is 179 Å². The van der Waals surface area contributed by atoms with Crippen LogP contribution in [0, 0.1) is 6.92 Å². The van der Waals surface area contributed by atoms with Crippen LogP contribution < -0.4 is 5.32 Å². The molecule has 8 heteroatoms. The first-order chi connectivity index (χ1) is 14.4. The first-order valence-electron chi connectivity index (χ1n) is 9.16. The lowest BCUT2D eigenvalue weighted by molar-refractivity contribution is 0.0950. The molecular weight excluding hydrogens is 422 g/mol. The zero-order chi connectivity index (χ0) is 21.3. The van der Waals surface area contributed by atoms with Gasteiger partial charge in [-0.05, 0) is 54.4 Å². The van der Waals surface area contributed by atoms with Gasteiger partial charge in [0.05, 0.1) is 15.4 Å². The second kappa shape index (κ2) is 7.93. The Hall–Kier alpha value is -3.16. The third-order valence-electron chi connectivity index (χ3n) is 4.85. The molecule has 0 spiro atoms. The molecule has 4 rings (SSSR count). The number of hydrogen-bond donors (Lipinski definition) is 1. The van der Waals surface area contributed by atoms with Crippen molar-refractivity contribution in [2.24, 2.45) is 0 Å². The van der Waals surface area contributed by atoms with E-state index < -0.39 is 9.84 Å². The van der Waals surface area contributed by atoms with Crippen LogP contribution in [0.4, 0.5) is 0 Å². The highest BCUT2D eigenvalue weighted by Crippen LogP contribution is 2.28. The molecule has 0 bridgehead atoms. The van der Waals surface area contributed by atoms with E-state index >= 15 is 0 Å². The number of halogens is 1. The Morgan fingerprint density at radius 3 is 2.63 bits per heavy atom. The number of pyridine rings is 1. The number of carbonyl (C=O) groups is 1. The number of imidazole rings is 1. The summed E-state index contributed by atoms with van der Waals surface area (Å²) in [7, 11) is -3.68. The highest BCUT2D eigenvalue weighted by molar-refractivity contribution is 7.91. The van der Waals surface area contributed by atoms with E-state index in [0.717, 1.165) is 11.2 Å². The number of fused-ring (bicyclic) bond motifs is 1. The van der Waals surface area contributed by atoms with Gasteiger partial charge >= 0.3 is 0 Å². The van der Waals surface area contributed by atoms with Crippen molar-refractivity contribution in [3.63, 3.8) is 0 Å². The van der Waals surface area contributed by atoms with Gasteiger partial charge < -0.3 is 9.72 Å². The summed E-state index contributed by atoms with van der Waals surface area (Å²) in [6.45, 7) is 1.96. The summed E-state index contributed by atoms with van der Waals surface area (Å²) in [5, 5.41) is 3.25. The SMILES string of the molecule is Cc1c(Cl)cccc1S(=O)(=O)c1ccc(CNC(=O)c2ccc3nccn3c2)cc1. The van der Waals surface area contributed by atoms with E-state index in [1.807, 2.05) is 0 Å². The summed E-state index contributed by atoms with van der Waals surface area (Å²) in [5.41, 5.74) is 2.58. The van der Waals surface area contributed by atoms with Gasteiger partial charge in [-0.1, -0.05) is 29.8 Å². The van der Waals surface area contributed by atoms with E-state index in [1.54, 1.807) is 72.4 Å². The van der Waals surface area contributed by atoms with Crippen molar-refractivity contribution >= 4 is 33.0 Å². The molecule has 0 aliphatic rings. The van der Waals surface area contributed by atoms with E-state index in [4.69, 9.17) is 11.6 Å².